The summed E-state index contributed by atoms with van der Waals surface area (Å²) in [7, 11) is 0. The van der Waals surface area contributed by atoms with E-state index in [0.717, 1.165) is 0 Å². The predicted molar refractivity (Wildman–Crippen MR) is 51.1 cm³/mol. The Bertz CT molecular complexity index is 182. The smallest absolute Gasteiger partial charge is 0.177 e. The van der Waals surface area contributed by atoms with Gasteiger partial charge in [0.25, 0.3) is 0 Å². The molecule has 4 N–H and O–H groups in total. The lowest BCUT2D eigenvalue weighted by molar-refractivity contribution is -0.186. The van der Waals surface area contributed by atoms with Gasteiger partial charge in [-0.2, -0.15) is 0 Å². The van der Waals surface area contributed by atoms with E-state index in [1.165, 1.54) is 0 Å². The molecule has 1 aliphatic rings. The first kappa shape index (κ1) is 10.7. The van der Waals surface area contributed by atoms with Gasteiger partial charge in [0, 0.05) is 6.54 Å². The molecule has 0 fully saturated rings. The quantitative estimate of drug-likeness (QED) is 0.608. The van der Waals surface area contributed by atoms with Crippen LogP contribution in [0.2, 0.25) is 0 Å². The number of hydrogen-bond acceptors (Lipinski definition) is 4. The second kappa shape index (κ2) is 4.72. The molecule has 1 rings (SSSR count). The fourth-order valence-electron chi connectivity index (χ4n) is 1.18. The molecule has 0 bridgehead atoms. The molecule has 13 heavy (non-hydrogen) atoms. The SMILES string of the molecule is CC(C)O[C@H]1O[C@H](CN)C=C[C@@H]1N. The number of ether oxygens (including phenoxy) is 2. The molecule has 4 heteroatoms. The lowest BCUT2D eigenvalue weighted by Crippen LogP contribution is -2.45. The molecular formula is C9H18N2O2. The van der Waals surface area contributed by atoms with E-state index in [2.05, 4.69) is 0 Å². The Kier molecular flexibility index (Phi) is 3.87. The van der Waals surface area contributed by atoms with Gasteiger partial charge in [-0.3, -0.25) is 0 Å². The molecule has 3 atom stereocenters. The van der Waals surface area contributed by atoms with Gasteiger partial charge in [0.2, 0.25) is 0 Å². The van der Waals surface area contributed by atoms with Crippen molar-refractivity contribution in [3.8, 4) is 0 Å². The molecule has 0 unspecified atom stereocenters. The minimum atomic E-state index is -0.362. The monoisotopic (exact) mass is 186 g/mol. The Morgan fingerprint density at radius 3 is 2.69 bits per heavy atom. The van der Waals surface area contributed by atoms with Crippen LogP contribution >= 0.6 is 0 Å². The molecule has 0 radical (unpaired) electrons. The first-order valence-corrected chi connectivity index (χ1v) is 4.58. The first-order valence-electron chi connectivity index (χ1n) is 4.58. The van der Waals surface area contributed by atoms with Gasteiger partial charge in [-0.1, -0.05) is 12.2 Å². The molecule has 0 aromatic carbocycles. The fraction of sp³-hybridized carbons (Fsp3) is 0.778. The van der Waals surface area contributed by atoms with Crippen LogP contribution in [-0.4, -0.2) is 31.1 Å². The Balaban J connectivity index is 2.50. The molecule has 4 nitrogen and oxygen atoms in total. The van der Waals surface area contributed by atoms with Crippen LogP contribution in [0.1, 0.15) is 13.8 Å². The summed E-state index contributed by atoms with van der Waals surface area (Å²) in [6, 6.07) is -0.190. The van der Waals surface area contributed by atoms with Crippen LogP contribution in [0, 0.1) is 0 Å². The van der Waals surface area contributed by atoms with E-state index in [4.69, 9.17) is 20.9 Å². The fourth-order valence-corrected chi connectivity index (χ4v) is 1.18. The van der Waals surface area contributed by atoms with Crippen molar-refractivity contribution < 1.29 is 9.47 Å². The van der Waals surface area contributed by atoms with Gasteiger partial charge in [0.1, 0.15) is 0 Å². The van der Waals surface area contributed by atoms with E-state index in [1.54, 1.807) is 0 Å². The lowest BCUT2D eigenvalue weighted by atomic mass is 10.1. The summed E-state index contributed by atoms with van der Waals surface area (Å²) in [5, 5.41) is 0. The molecule has 1 aliphatic heterocycles. The van der Waals surface area contributed by atoms with Gasteiger partial charge < -0.3 is 20.9 Å². The van der Waals surface area contributed by atoms with Crippen molar-refractivity contribution >= 4 is 0 Å². The van der Waals surface area contributed by atoms with Gasteiger partial charge in [-0.25, -0.2) is 0 Å². The van der Waals surface area contributed by atoms with Crippen molar-refractivity contribution in [3.05, 3.63) is 12.2 Å². The zero-order chi connectivity index (χ0) is 9.84. The molecule has 0 aliphatic carbocycles. The zero-order valence-electron chi connectivity index (χ0n) is 8.14. The Morgan fingerprint density at radius 1 is 1.46 bits per heavy atom. The van der Waals surface area contributed by atoms with E-state index in [9.17, 15) is 0 Å². The second-order valence-electron chi connectivity index (χ2n) is 3.43. The molecule has 0 saturated carbocycles. The van der Waals surface area contributed by atoms with Crippen LogP contribution in [0.5, 0.6) is 0 Å². The van der Waals surface area contributed by atoms with Crippen molar-refractivity contribution in [2.24, 2.45) is 11.5 Å². The summed E-state index contributed by atoms with van der Waals surface area (Å²) in [6.07, 6.45) is 3.45. The molecule has 76 valence electrons. The molecule has 0 spiro atoms. The van der Waals surface area contributed by atoms with Gasteiger partial charge >= 0.3 is 0 Å². The highest BCUT2D eigenvalue weighted by molar-refractivity contribution is 5.02. The highest BCUT2D eigenvalue weighted by atomic mass is 16.7. The summed E-state index contributed by atoms with van der Waals surface area (Å²) < 4.78 is 11.0. The van der Waals surface area contributed by atoms with E-state index in [0.29, 0.717) is 6.54 Å². The first-order chi connectivity index (χ1) is 6.13. The van der Waals surface area contributed by atoms with Crippen LogP contribution in [0.3, 0.4) is 0 Å². The predicted octanol–water partition coefficient (Wildman–Crippen LogP) is -0.0215. The highest BCUT2D eigenvalue weighted by Crippen LogP contribution is 2.13. The number of hydrogen-bond donors (Lipinski definition) is 2. The van der Waals surface area contributed by atoms with Gasteiger partial charge in [0.15, 0.2) is 6.29 Å². The third-order valence-corrected chi connectivity index (χ3v) is 1.81. The molecular weight excluding hydrogens is 168 g/mol. The summed E-state index contributed by atoms with van der Waals surface area (Å²) in [6.45, 7) is 4.36. The maximum absolute atomic E-state index is 5.77. The Labute approximate surface area is 78.9 Å². The van der Waals surface area contributed by atoms with Crippen molar-refractivity contribution in [1.29, 1.82) is 0 Å². The highest BCUT2D eigenvalue weighted by Gasteiger charge is 2.25. The average Bonchev–Trinajstić information content (AvgIpc) is 2.08. The molecule has 0 aromatic rings. The number of rotatable bonds is 3. The van der Waals surface area contributed by atoms with Crippen molar-refractivity contribution in [2.75, 3.05) is 6.54 Å². The topological polar surface area (TPSA) is 70.5 Å². The van der Waals surface area contributed by atoms with Gasteiger partial charge in [-0.15, -0.1) is 0 Å². The van der Waals surface area contributed by atoms with E-state index >= 15 is 0 Å². The molecule has 1 heterocycles. The largest absolute Gasteiger partial charge is 0.348 e. The second-order valence-corrected chi connectivity index (χ2v) is 3.43. The molecule has 0 amide bonds. The van der Waals surface area contributed by atoms with E-state index < -0.39 is 0 Å². The Morgan fingerprint density at radius 2 is 2.15 bits per heavy atom. The number of nitrogens with two attached hydrogens (primary N) is 2. The van der Waals surface area contributed by atoms with Crippen molar-refractivity contribution in [2.45, 2.75) is 38.4 Å². The maximum atomic E-state index is 5.77. The summed E-state index contributed by atoms with van der Waals surface area (Å²) in [5.74, 6) is 0. The third kappa shape index (κ3) is 3.08. The summed E-state index contributed by atoms with van der Waals surface area (Å²) >= 11 is 0. The summed E-state index contributed by atoms with van der Waals surface area (Å²) in [5.41, 5.74) is 11.2. The van der Waals surface area contributed by atoms with Gasteiger partial charge in [0.05, 0.1) is 18.2 Å². The third-order valence-electron chi connectivity index (χ3n) is 1.81. The minimum absolute atomic E-state index is 0.0662. The molecule has 0 saturated heterocycles. The van der Waals surface area contributed by atoms with E-state index in [-0.39, 0.29) is 24.5 Å². The minimum Gasteiger partial charge on any atom is -0.348 e. The summed E-state index contributed by atoms with van der Waals surface area (Å²) in [4.78, 5) is 0. The van der Waals surface area contributed by atoms with Crippen LogP contribution in [0.25, 0.3) is 0 Å². The average molecular weight is 186 g/mol. The zero-order valence-corrected chi connectivity index (χ0v) is 8.14. The lowest BCUT2D eigenvalue weighted by Gasteiger charge is -2.30. The Hall–Kier alpha value is -0.420. The molecule has 0 aromatic heterocycles. The van der Waals surface area contributed by atoms with Crippen LogP contribution in [0.15, 0.2) is 12.2 Å². The van der Waals surface area contributed by atoms with Crippen LogP contribution in [-0.2, 0) is 9.47 Å². The van der Waals surface area contributed by atoms with Gasteiger partial charge in [-0.05, 0) is 13.8 Å². The normalized spacial score (nSPS) is 34.1. The van der Waals surface area contributed by atoms with Crippen LogP contribution in [0.4, 0.5) is 0 Å². The maximum Gasteiger partial charge on any atom is 0.177 e. The standard InChI is InChI=1S/C9H18N2O2/c1-6(2)12-9-8(11)4-3-7(5-10)13-9/h3-4,6-9H,5,10-11H2,1-2H3/t7-,8-,9-/m0/s1. The van der Waals surface area contributed by atoms with Crippen molar-refractivity contribution in [3.63, 3.8) is 0 Å². The van der Waals surface area contributed by atoms with Crippen molar-refractivity contribution in [1.82, 2.24) is 0 Å². The van der Waals surface area contributed by atoms with Crippen LogP contribution < -0.4 is 11.5 Å². The van der Waals surface area contributed by atoms with E-state index in [1.807, 2.05) is 26.0 Å².